The lowest BCUT2D eigenvalue weighted by Crippen LogP contribution is -2.00. The highest BCUT2D eigenvalue weighted by Crippen LogP contribution is 2.32. The average molecular weight is 369 g/mol. The Kier molecular flexibility index (Phi) is 5.73. The van der Waals surface area contributed by atoms with Crippen molar-refractivity contribution in [2.24, 2.45) is 4.99 Å². The summed E-state index contributed by atoms with van der Waals surface area (Å²) in [6.07, 6.45) is 1.74. The van der Waals surface area contributed by atoms with Crippen LogP contribution in [0.1, 0.15) is 18.1 Å². The lowest BCUT2D eigenvalue weighted by atomic mass is 10.2. The number of ether oxygens (including phenoxy) is 1. The number of hydrogen-bond acceptors (Lipinski definition) is 6. The number of benzene rings is 2. The Balaban J connectivity index is 1.67. The van der Waals surface area contributed by atoms with E-state index in [-0.39, 0.29) is 11.1 Å². The molecule has 0 spiro atoms. The van der Waals surface area contributed by atoms with Gasteiger partial charge in [-0.05, 0) is 41.1 Å². The number of carbonyl (C=O) groups is 2. The number of thioether (sulfide) groups is 2. The fraction of sp³-hybridized carbons (Fsp3) is 0.105. The van der Waals surface area contributed by atoms with Gasteiger partial charge in [-0.1, -0.05) is 54.2 Å². The third-order valence-corrected chi connectivity index (χ3v) is 5.33. The van der Waals surface area contributed by atoms with Crippen molar-refractivity contribution in [3.05, 3.63) is 71.4 Å². The molecule has 2 aromatic carbocycles. The Morgan fingerprint density at radius 2 is 1.88 bits per heavy atom. The number of hydrogen-bond donors (Lipinski definition) is 0. The summed E-state index contributed by atoms with van der Waals surface area (Å²) in [7, 11) is 0. The molecule has 0 bridgehead atoms. The van der Waals surface area contributed by atoms with Gasteiger partial charge in [0, 0.05) is 12.7 Å². The number of aliphatic imine (C=N–C) groups is 1. The van der Waals surface area contributed by atoms with Crippen LogP contribution in [0.3, 0.4) is 0 Å². The van der Waals surface area contributed by atoms with Gasteiger partial charge in [-0.25, -0.2) is 4.99 Å². The van der Waals surface area contributed by atoms with Crippen molar-refractivity contribution in [2.45, 2.75) is 12.7 Å². The van der Waals surface area contributed by atoms with Crippen molar-refractivity contribution in [2.75, 3.05) is 0 Å². The number of rotatable bonds is 4. The molecular formula is C19H15NO3S2. The monoisotopic (exact) mass is 369 g/mol. The quantitative estimate of drug-likeness (QED) is 0.451. The SMILES string of the molecule is CC(=O)Oc1ccc(/C=C2\N=C(SCc3ccccc3)SC2=O)cc1. The number of esters is 1. The van der Waals surface area contributed by atoms with Crippen molar-refractivity contribution in [3.8, 4) is 5.75 Å². The van der Waals surface area contributed by atoms with Gasteiger partial charge in [0.15, 0.2) is 0 Å². The average Bonchev–Trinajstić information content (AvgIpc) is 2.95. The zero-order valence-electron chi connectivity index (χ0n) is 13.5. The van der Waals surface area contributed by atoms with Crippen molar-refractivity contribution in [3.63, 3.8) is 0 Å². The molecule has 0 saturated heterocycles. The third-order valence-electron chi connectivity index (χ3n) is 3.25. The zero-order chi connectivity index (χ0) is 17.6. The first kappa shape index (κ1) is 17.5. The summed E-state index contributed by atoms with van der Waals surface area (Å²) >= 11 is 2.72. The minimum absolute atomic E-state index is 0.0559. The summed E-state index contributed by atoms with van der Waals surface area (Å²) in [5.41, 5.74) is 2.46. The van der Waals surface area contributed by atoms with E-state index in [2.05, 4.69) is 17.1 Å². The standard InChI is InChI=1S/C19H15NO3S2/c1-13(21)23-16-9-7-14(8-10-16)11-17-18(22)25-19(20-17)24-12-15-5-3-2-4-6-15/h2-11H,12H2,1H3/b17-11-. The highest BCUT2D eigenvalue weighted by atomic mass is 32.2. The van der Waals surface area contributed by atoms with E-state index < -0.39 is 0 Å². The van der Waals surface area contributed by atoms with Gasteiger partial charge in [-0.2, -0.15) is 0 Å². The molecule has 6 heteroatoms. The topological polar surface area (TPSA) is 55.7 Å². The van der Waals surface area contributed by atoms with Crippen LogP contribution in [0.4, 0.5) is 0 Å². The minimum Gasteiger partial charge on any atom is -0.427 e. The summed E-state index contributed by atoms with van der Waals surface area (Å²) < 4.78 is 5.75. The molecule has 3 rings (SSSR count). The molecule has 4 nitrogen and oxygen atoms in total. The first-order valence-electron chi connectivity index (χ1n) is 7.58. The van der Waals surface area contributed by atoms with Gasteiger partial charge in [-0.15, -0.1) is 0 Å². The van der Waals surface area contributed by atoms with Gasteiger partial charge in [0.05, 0.1) is 0 Å². The van der Waals surface area contributed by atoms with E-state index in [0.717, 1.165) is 27.5 Å². The van der Waals surface area contributed by atoms with Crippen molar-refractivity contribution in [1.29, 1.82) is 0 Å². The summed E-state index contributed by atoms with van der Waals surface area (Å²) in [6.45, 7) is 1.35. The minimum atomic E-state index is -0.363. The molecule has 0 aromatic heterocycles. The van der Waals surface area contributed by atoms with Gasteiger partial charge in [0.2, 0.25) is 5.12 Å². The summed E-state index contributed by atoms with van der Waals surface area (Å²) in [5, 5.41) is -0.0559. The van der Waals surface area contributed by atoms with Crippen LogP contribution in [-0.2, 0) is 15.3 Å². The molecule has 126 valence electrons. The number of nitrogens with zero attached hydrogens (tertiary/aromatic N) is 1. The van der Waals surface area contributed by atoms with Crippen molar-refractivity contribution in [1.82, 2.24) is 0 Å². The molecule has 25 heavy (non-hydrogen) atoms. The molecule has 1 heterocycles. The van der Waals surface area contributed by atoms with Gasteiger partial charge in [0.1, 0.15) is 15.8 Å². The molecule has 0 radical (unpaired) electrons. The summed E-state index contributed by atoms with van der Waals surface area (Å²) in [4.78, 5) is 27.4. The Labute approximate surface area is 154 Å². The van der Waals surface area contributed by atoms with Crippen LogP contribution in [0, 0.1) is 0 Å². The van der Waals surface area contributed by atoms with E-state index >= 15 is 0 Å². The smallest absolute Gasteiger partial charge is 0.308 e. The lowest BCUT2D eigenvalue weighted by molar-refractivity contribution is -0.131. The lowest BCUT2D eigenvalue weighted by Gasteiger charge is -2.01. The maximum atomic E-state index is 12.1. The Morgan fingerprint density at radius 3 is 2.56 bits per heavy atom. The normalized spacial score (nSPS) is 15.3. The van der Waals surface area contributed by atoms with E-state index in [4.69, 9.17) is 4.74 Å². The molecule has 0 aliphatic carbocycles. The molecule has 1 aliphatic heterocycles. The van der Waals surface area contributed by atoms with Crippen molar-refractivity contribution < 1.29 is 14.3 Å². The largest absolute Gasteiger partial charge is 0.427 e. The van der Waals surface area contributed by atoms with Gasteiger partial charge in [0.25, 0.3) is 0 Å². The van der Waals surface area contributed by atoms with Crippen LogP contribution < -0.4 is 4.74 Å². The maximum Gasteiger partial charge on any atom is 0.308 e. The second-order valence-electron chi connectivity index (χ2n) is 5.23. The second-order valence-corrected chi connectivity index (χ2v) is 7.42. The van der Waals surface area contributed by atoms with E-state index in [1.54, 1.807) is 42.1 Å². The predicted molar refractivity (Wildman–Crippen MR) is 103 cm³/mol. The van der Waals surface area contributed by atoms with Crippen LogP contribution in [0.2, 0.25) is 0 Å². The van der Waals surface area contributed by atoms with Crippen molar-refractivity contribution >= 4 is 45.1 Å². The molecule has 0 atom stereocenters. The molecular weight excluding hydrogens is 354 g/mol. The molecule has 0 amide bonds. The van der Waals surface area contributed by atoms with Crippen LogP contribution in [0.15, 0.2) is 65.3 Å². The molecule has 0 N–H and O–H groups in total. The van der Waals surface area contributed by atoms with E-state index in [1.807, 2.05) is 18.2 Å². The van der Waals surface area contributed by atoms with Gasteiger partial charge in [-0.3, -0.25) is 9.59 Å². The first-order chi connectivity index (χ1) is 12.1. The van der Waals surface area contributed by atoms with Crippen LogP contribution >= 0.6 is 23.5 Å². The maximum absolute atomic E-state index is 12.1. The predicted octanol–water partition coefficient (Wildman–Crippen LogP) is 4.52. The number of carbonyl (C=O) groups excluding carboxylic acids is 2. The Morgan fingerprint density at radius 1 is 1.16 bits per heavy atom. The zero-order valence-corrected chi connectivity index (χ0v) is 15.1. The van der Waals surface area contributed by atoms with E-state index in [1.165, 1.54) is 12.5 Å². The van der Waals surface area contributed by atoms with Crippen LogP contribution in [-0.4, -0.2) is 15.5 Å². The molecule has 0 saturated carbocycles. The Bertz CT molecular complexity index is 843. The van der Waals surface area contributed by atoms with Crippen LogP contribution in [0.25, 0.3) is 6.08 Å². The van der Waals surface area contributed by atoms with Crippen LogP contribution in [0.5, 0.6) is 5.75 Å². The second kappa shape index (κ2) is 8.18. The highest BCUT2D eigenvalue weighted by molar-refractivity contribution is 8.45. The first-order valence-corrected chi connectivity index (χ1v) is 9.38. The molecule has 1 aliphatic rings. The van der Waals surface area contributed by atoms with Gasteiger partial charge >= 0.3 is 5.97 Å². The third kappa shape index (κ3) is 5.08. The van der Waals surface area contributed by atoms with Gasteiger partial charge < -0.3 is 4.74 Å². The Hall–Kier alpha value is -2.31. The van der Waals surface area contributed by atoms with E-state index in [9.17, 15) is 9.59 Å². The summed E-state index contributed by atoms with van der Waals surface area (Å²) in [5.74, 6) is 0.896. The fourth-order valence-electron chi connectivity index (χ4n) is 2.13. The van der Waals surface area contributed by atoms with E-state index in [0.29, 0.717) is 11.4 Å². The highest BCUT2D eigenvalue weighted by Gasteiger charge is 2.22. The molecule has 0 unspecified atom stereocenters. The summed E-state index contributed by atoms with van der Waals surface area (Å²) in [6, 6.07) is 17.0. The molecule has 2 aromatic rings. The fourth-order valence-corrected chi connectivity index (χ4v) is 3.92. The molecule has 0 fully saturated rings.